The number of allylic oxidation sites excluding steroid dienone is 1. The molecule has 0 saturated carbocycles. The minimum Gasteiger partial charge on any atom is -0.478 e. The fourth-order valence-corrected chi connectivity index (χ4v) is 2.94. The van der Waals surface area contributed by atoms with E-state index in [0.29, 0.717) is 28.8 Å². The third-order valence-corrected chi connectivity index (χ3v) is 4.31. The lowest BCUT2D eigenvalue weighted by molar-refractivity contribution is -0.222. The molecular formula is C22H21F3N2O3. The maximum Gasteiger partial charge on any atom is 0.418 e. The minimum atomic E-state index is -4.64. The molecule has 0 aromatic heterocycles. The second kappa shape index (κ2) is 9.94. The fourth-order valence-electron chi connectivity index (χ4n) is 2.94. The van der Waals surface area contributed by atoms with Crippen molar-refractivity contribution in [2.24, 2.45) is 0 Å². The van der Waals surface area contributed by atoms with Crippen LogP contribution < -0.4 is 5.32 Å². The van der Waals surface area contributed by atoms with Crippen LogP contribution in [-0.2, 0) is 9.53 Å². The molecule has 5 nitrogen and oxygen atoms in total. The third kappa shape index (κ3) is 5.84. The summed E-state index contributed by atoms with van der Waals surface area (Å²) < 4.78 is 45.9. The average Bonchev–Trinajstić information content (AvgIpc) is 2.70. The Morgan fingerprint density at radius 1 is 1.23 bits per heavy atom. The van der Waals surface area contributed by atoms with Crippen LogP contribution in [0, 0.1) is 11.3 Å². The van der Waals surface area contributed by atoms with Gasteiger partial charge in [0.15, 0.2) is 6.10 Å². The van der Waals surface area contributed by atoms with E-state index in [2.05, 4.69) is 5.32 Å². The van der Waals surface area contributed by atoms with Gasteiger partial charge in [-0.3, -0.25) is 0 Å². The molecule has 0 spiro atoms. The van der Waals surface area contributed by atoms with Crippen molar-refractivity contribution in [3.05, 3.63) is 65.2 Å². The molecule has 0 aliphatic heterocycles. The maximum atomic E-state index is 13.6. The zero-order valence-corrected chi connectivity index (χ0v) is 16.5. The summed E-state index contributed by atoms with van der Waals surface area (Å²) in [7, 11) is 0. The van der Waals surface area contributed by atoms with E-state index in [1.165, 1.54) is 37.3 Å². The molecule has 0 aliphatic rings. The highest BCUT2D eigenvalue weighted by Crippen LogP contribution is 2.41. The van der Waals surface area contributed by atoms with Crippen LogP contribution in [0.5, 0.6) is 0 Å². The lowest BCUT2D eigenvalue weighted by Crippen LogP contribution is -2.24. The van der Waals surface area contributed by atoms with Crippen molar-refractivity contribution in [2.75, 3.05) is 11.9 Å². The lowest BCUT2D eigenvalue weighted by atomic mass is 9.97. The van der Waals surface area contributed by atoms with Crippen LogP contribution in [0.4, 0.5) is 24.5 Å². The Bertz CT molecular complexity index is 961. The number of rotatable bonds is 8. The van der Waals surface area contributed by atoms with Gasteiger partial charge >= 0.3 is 12.1 Å². The first-order valence-electron chi connectivity index (χ1n) is 9.22. The van der Waals surface area contributed by atoms with Crippen molar-refractivity contribution >= 4 is 22.9 Å². The number of anilines is 2. The first-order valence-corrected chi connectivity index (χ1v) is 9.22. The van der Waals surface area contributed by atoms with Crippen molar-refractivity contribution in [3.63, 3.8) is 0 Å². The number of carboxylic acid groups (broad SMARTS) is 1. The van der Waals surface area contributed by atoms with Gasteiger partial charge in [0.25, 0.3) is 0 Å². The highest BCUT2D eigenvalue weighted by Gasteiger charge is 2.43. The summed E-state index contributed by atoms with van der Waals surface area (Å²) in [5.74, 6) is -1.14. The summed E-state index contributed by atoms with van der Waals surface area (Å²) in [6.45, 7) is 3.10. The van der Waals surface area contributed by atoms with Crippen molar-refractivity contribution in [3.8, 4) is 6.07 Å². The Hall–Kier alpha value is -3.31. The monoisotopic (exact) mass is 418 g/mol. The quantitative estimate of drug-likeness (QED) is 0.528. The number of aliphatic carboxylic acids is 1. The molecule has 2 N–H and O–H groups in total. The number of benzene rings is 2. The number of nitrogens with zero attached hydrogens (tertiary/aromatic N) is 1. The summed E-state index contributed by atoms with van der Waals surface area (Å²) in [6, 6.07) is 12.4. The van der Waals surface area contributed by atoms with Crippen LogP contribution in [0.3, 0.4) is 0 Å². The molecule has 8 heteroatoms. The van der Waals surface area contributed by atoms with E-state index in [-0.39, 0.29) is 17.9 Å². The van der Waals surface area contributed by atoms with Crippen LogP contribution in [0.25, 0.3) is 5.57 Å². The van der Waals surface area contributed by atoms with Gasteiger partial charge < -0.3 is 15.2 Å². The molecule has 30 heavy (non-hydrogen) atoms. The molecule has 0 heterocycles. The summed E-state index contributed by atoms with van der Waals surface area (Å²) in [6.07, 6.45) is -5.37. The molecule has 158 valence electrons. The van der Waals surface area contributed by atoms with E-state index in [0.717, 1.165) is 6.08 Å². The molecule has 0 bridgehead atoms. The molecule has 0 aliphatic carbocycles. The maximum absolute atomic E-state index is 13.6. The van der Waals surface area contributed by atoms with Crippen LogP contribution >= 0.6 is 0 Å². The van der Waals surface area contributed by atoms with Crippen molar-refractivity contribution in [2.45, 2.75) is 32.5 Å². The Kier molecular flexibility index (Phi) is 7.61. The van der Waals surface area contributed by atoms with Gasteiger partial charge in [0.2, 0.25) is 0 Å². The Balaban J connectivity index is 2.59. The first-order chi connectivity index (χ1) is 14.2. The first kappa shape index (κ1) is 23.0. The molecule has 2 aromatic carbocycles. The Labute approximate surface area is 172 Å². The van der Waals surface area contributed by atoms with E-state index in [1.807, 2.05) is 6.07 Å². The average molecular weight is 418 g/mol. The number of halogens is 3. The number of alkyl halides is 3. The van der Waals surface area contributed by atoms with Crippen LogP contribution in [0.15, 0.2) is 48.5 Å². The van der Waals surface area contributed by atoms with Crippen LogP contribution in [0.2, 0.25) is 0 Å². The number of nitrogens with one attached hydrogen (secondary N) is 1. The molecule has 0 radical (unpaired) electrons. The van der Waals surface area contributed by atoms with Gasteiger partial charge in [-0.15, -0.1) is 0 Å². The van der Waals surface area contributed by atoms with Crippen LogP contribution in [-0.4, -0.2) is 23.9 Å². The molecule has 2 rings (SSSR count). The minimum absolute atomic E-state index is 0.122. The fraction of sp³-hybridized carbons (Fsp3) is 0.273. The number of hydrogen-bond donors (Lipinski definition) is 2. The summed E-state index contributed by atoms with van der Waals surface area (Å²) in [5, 5.41) is 20.9. The summed E-state index contributed by atoms with van der Waals surface area (Å²) >= 11 is 0. The number of carboxylic acids is 1. The largest absolute Gasteiger partial charge is 0.478 e. The molecule has 2 aromatic rings. The molecule has 0 saturated heterocycles. The number of hydrogen-bond acceptors (Lipinski definition) is 4. The van der Waals surface area contributed by atoms with Crippen molar-refractivity contribution in [1.82, 2.24) is 0 Å². The SMILES string of the molecule is CCO[C@H](c1ccc(/C(=C/C(=O)O)CC)cc1Nc1ccc(C#N)cc1)C(F)(F)F. The zero-order chi connectivity index (χ0) is 22.3. The Morgan fingerprint density at radius 3 is 2.40 bits per heavy atom. The summed E-state index contributed by atoms with van der Waals surface area (Å²) in [4.78, 5) is 11.1. The third-order valence-electron chi connectivity index (χ3n) is 4.31. The normalized spacial score (nSPS) is 12.9. The standard InChI is InChI=1S/C22H21F3N2O3/c1-3-15(12-20(28)29)16-7-10-18(21(30-4-2)22(23,24)25)19(11-16)27-17-8-5-14(13-26)6-9-17/h5-12,21,27H,3-4H2,1-2H3,(H,28,29)/b15-12+/t21-/m1/s1. The van der Waals surface area contributed by atoms with Gasteiger partial charge in [0.1, 0.15) is 0 Å². The number of carbonyl (C=O) groups is 1. The molecule has 1 atom stereocenters. The van der Waals surface area contributed by atoms with E-state index in [1.54, 1.807) is 19.1 Å². The molecule has 0 amide bonds. The highest BCUT2D eigenvalue weighted by molar-refractivity contribution is 5.90. The van der Waals surface area contributed by atoms with Gasteiger partial charge in [-0.05, 0) is 54.8 Å². The zero-order valence-electron chi connectivity index (χ0n) is 16.5. The predicted molar refractivity (Wildman–Crippen MR) is 107 cm³/mol. The van der Waals surface area contributed by atoms with Gasteiger partial charge in [0, 0.05) is 29.6 Å². The lowest BCUT2D eigenvalue weighted by Gasteiger charge is -2.24. The predicted octanol–water partition coefficient (Wildman–Crippen LogP) is 5.82. The molecule has 0 unspecified atom stereocenters. The molecule has 0 fully saturated rings. The van der Waals surface area contributed by atoms with Crippen LogP contribution in [0.1, 0.15) is 43.1 Å². The number of ether oxygens (including phenoxy) is 1. The van der Waals surface area contributed by atoms with E-state index >= 15 is 0 Å². The second-order valence-electron chi connectivity index (χ2n) is 6.35. The highest BCUT2D eigenvalue weighted by atomic mass is 19.4. The van der Waals surface area contributed by atoms with Crippen molar-refractivity contribution < 1.29 is 27.8 Å². The van der Waals surface area contributed by atoms with E-state index in [9.17, 15) is 18.0 Å². The van der Waals surface area contributed by atoms with Crippen molar-refractivity contribution in [1.29, 1.82) is 5.26 Å². The van der Waals surface area contributed by atoms with E-state index in [4.69, 9.17) is 15.1 Å². The smallest absolute Gasteiger partial charge is 0.418 e. The molecular weight excluding hydrogens is 397 g/mol. The second-order valence-corrected chi connectivity index (χ2v) is 6.35. The van der Waals surface area contributed by atoms with Gasteiger partial charge in [-0.25, -0.2) is 4.79 Å². The summed E-state index contributed by atoms with van der Waals surface area (Å²) in [5.41, 5.74) is 1.86. The van der Waals surface area contributed by atoms with Gasteiger partial charge in [-0.2, -0.15) is 18.4 Å². The Morgan fingerprint density at radius 2 is 1.90 bits per heavy atom. The van der Waals surface area contributed by atoms with E-state index < -0.39 is 18.2 Å². The van der Waals surface area contributed by atoms with Gasteiger partial charge in [0.05, 0.1) is 11.6 Å². The number of nitriles is 1. The topological polar surface area (TPSA) is 82.3 Å². The van der Waals surface area contributed by atoms with Gasteiger partial charge in [-0.1, -0.05) is 19.1 Å².